The average molecular weight is 979 g/mol. The van der Waals surface area contributed by atoms with Crippen molar-refractivity contribution in [3.63, 3.8) is 0 Å². The van der Waals surface area contributed by atoms with Crippen LogP contribution in [-0.2, 0) is 60.8 Å². The van der Waals surface area contributed by atoms with Crippen LogP contribution in [0.5, 0.6) is 5.75 Å². The number of carbonyl (C=O) groups excluding carboxylic acids is 9. The Bertz CT molecular complexity index is 2210. The highest BCUT2D eigenvalue weighted by Crippen LogP contribution is 2.22. The predicted molar refractivity (Wildman–Crippen MR) is 250 cm³/mol. The van der Waals surface area contributed by atoms with Crippen molar-refractivity contribution in [3.05, 3.63) is 65.7 Å². The summed E-state index contributed by atoms with van der Waals surface area (Å²) in [4.78, 5) is 135. The summed E-state index contributed by atoms with van der Waals surface area (Å²) < 4.78 is 0. The number of carboxylic acid groups (broad SMARTS) is 1. The van der Waals surface area contributed by atoms with Crippen LogP contribution in [0.15, 0.2) is 54.6 Å². The second-order valence-electron chi connectivity index (χ2n) is 18.1. The van der Waals surface area contributed by atoms with Crippen LogP contribution >= 0.6 is 0 Å². The molecule has 2 saturated heterocycles. The van der Waals surface area contributed by atoms with Crippen molar-refractivity contribution >= 4 is 59.1 Å². The van der Waals surface area contributed by atoms with Gasteiger partial charge in [0.15, 0.2) is 0 Å². The topological polar surface area (TPSA) is 362 Å². The second kappa shape index (κ2) is 26.0. The van der Waals surface area contributed by atoms with E-state index in [9.17, 15) is 63.3 Å². The third kappa shape index (κ3) is 16.0. The number of carboxylic acids is 1. The summed E-state index contributed by atoms with van der Waals surface area (Å²) in [6.07, 6.45) is 0.422. The molecule has 2 aliphatic rings. The maximum absolute atomic E-state index is 14.4. The molecular formula is C47H66N10O13. The van der Waals surface area contributed by atoms with E-state index in [-0.39, 0.29) is 56.9 Å². The van der Waals surface area contributed by atoms with Crippen molar-refractivity contribution in [1.82, 2.24) is 41.7 Å². The van der Waals surface area contributed by atoms with Crippen molar-refractivity contribution in [3.8, 4) is 5.75 Å². The average Bonchev–Trinajstić information content (AvgIpc) is 4.01. The molecular weight excluding hydrogens is 913 g/mol. The number of rotatable bonds is 24. The van der Waals surface area contributed by atoms with Crippen molar-refractivity contribution < 1.29 is 63.3 Å². The molecule has 4 rings (SSSR count). The number of aliphatic carboxylic acids is 1. The molecule has 23 nitrogen and oxygen atoms in total. The first-order valence-corrected chi connectivity index (χ1v) is 23.2. The van der Waals surface area contributed by atoms with Gasteiger partial charge < -0.3 is 68.5 Å². The fourth-order valence-corrected chi connectivity index (χ4v) is 8.25. The van der Waals surface area contributed by atoms with Gasteiger partial charge in [-0.05, 0) is 81.5 Å². The molecule has 0 aliphatic carbocycles. The van der Waals surface area contributed by atoms with E-state index in [0.717, 1.165) is 5.56 Å². The number of aromatic hydroxyl groups is 1. The number of carbonyl (C=O) groups is 10. The lowest BCUT2D eigenvalue weighted by atomic mass is 10.0. The normalized spacial score (nSPS) is 18.5. The van der Waals surface area contributed by atoms with Gasteiger partial charge in [0.2, 0.25) is 53.2 Å². The van der Waals surface area contributed by atoms with Crippen LogP contribution in [0.1, 0.15) is 77.3 Å². The second-order valence-corrected chi connectivity index (χ2v) is 18.1. The lowest BCUT2D eigenvalue weighted by Gasteiger charge is -2.31. The standard InChI is InChI=1S/C47H66N10O13/c1-25(2)20-34(47(69)70)54-39(61)26(3)50-43(65)36-12-9-19-57(36)46(68)33(22-29-14-16-30(59)17-15-29)53-41(63)32(23-38(49)60)52-42(64)35(24-58)55-44(66)37-13-8-18-56(37)45(67)27(4)51-40(62)31(48)21-28-10-6-5-7-11-28/h5-7,10-11,14-17,25-27,31-37,58-59H,8-9,12-13,18-24,48H2,1-4H3,(H2,49,60)(H,50,65)(H,51,62)(H,52,64)(H,53,63)(H,54,61)(H,55,66)(H,69,70)/t26-,27-,31-,32-,33-,34-,35-,36-,37-/m0/s1. The number of nitrogens with one attached hydrogen (secondary N) is 6. The number of amides is 9. The van der Waals surface area contributed by atoms with Gasteiger partial charge in [-0.1, -0.05) is 56.3 Å². The first-order valence-electron chi connectivity index (χ1n) is 23.2. The predicted octanol–water partition coefficient (Wildman–Crippen LogP) is -2.57. The summed E-state index contributed by atoms with van der Waals surface area (Å²) in [7, 11) is 0. The number of phenols is 1. The van der Waals surface area contributed by atoms with E-state index in [1.165, 1.54) is 47.9 Å². The molecule has 0 radical (unpaired) electrons. The number of hydrogen-bond donors (Lipinski definition) is 11. The zero-order valence-corrected chi connectivity index (χ0v) is 39.7. The van der Waals surface area contributed by atoms with E-state index in [4.69, 9.17) is 11.5 Å². The number of hydrogen-bond acceptors (Lipinski definition) is 13. The summed E-state index contributed by atoms with van der Waals surface area (Å²) in [5.74, 6) is -8.91. The number of nitrogens with two attached hydrogens (primary N) is 2. The van der Waals surface area contributed by atoms with Crippen molar-refractivity contribution in [2.45, 2.75) is 133 Å². The molecule has 0 unspecified atom stereocenters. The van der Waals surface area contributed by atoms with Gasteiger partial charge in [-0.25, -0.2) is 4.79 Å². The molecule has 13 N–H and O–H groups in total. The van der Waals surface area contributed by atoms with Crippen LogP contribution in [0.25, 0.3) is 0 Å². The molecule has 2 fully saturated rings. The zero-order valence-electron chi connectivity index (χ0n) is 39.7. The first kappa shape index (κ1) is 55.5. The van der Waals surface area contributed by atoms with Gasteiger partial charge in [-0.3, -0.25) is 43.2 Å². The molecule has 70 heavy (non-hydrogen) atoms. The summed E-state index contributed by atoms with van der Waals surface area (Å²) in [5.41, 5.74) is 12.8. The van der Waals surface area contributed by atoms with Gasteiger partial charge >= 0.3 is 5.97 Å². The maximum atomic E-state index is 14.4. The van der Waals surface area contributed by atoms with Gasteiger partial charge in [-0.2, -0.15) is 0 Å². The van der Waals surface area contributed by atoms with E-state index in [2.05, 4.69) is 31.9 Å². The number of benzene rings is 2. The highest BCUT2D eigenvalue weighted by molar-refractivity contribution is 5.99. The molecule has 9 amide bonds. The highest BCUT2D eigenvalue weighted by Gasteiger charge is 2.41. The van der Waals surface area contributed by atoms with Crippen LogP contribution in [0.4, 0.5) is 0 Å². The third-order valence-electron chi connectivity index (χ3n) is 12.0. The van der Waals surface area contributed by atoms with Gasteiger partial charge in [0.05, 0.1) is 19.1 Å². The molecule has 9 atom stereocenters. The number of phenolic OH excluding ortho intramolecular Hbond substituents is 1. The quantitative estimate of drug-likeness (QED) is 0.0516. The Morgan fingerprint density at radius 3 is 1.70 bits per heavy atom. The summed E-state index contributed by atoms with van der Waals surface area (Å²) >= 11 is 0. The van der Waals surface area contributed by atoms with Crippen LogP contribution in [0.2, 0.25) is 0 Å². The molecule has 2 aliphatic heterocycles. The van der Waals surface area contributed by atoms with Crippen molar-refractivity contribution in [2.24, 2.45) is 17.4 Å². The molecule has 0 spiro atoms. The Hall–Kier alpha value is -7.14. The minimum Gasteiger partial charge on any atom is -0.508 e. The molecule has 2 aromatic carbocycles. The number of nitrogens with zero attached hydrogens (tertiary/aromatic N) is 2. The minimum absolute atomic E-state index is 0.0503. The van der Waals surface area contributed by atoms with Crippen molar-refractivity contribution in [1.29, 1.82) is 0 Å². The first-order chi connectivity index (χ1) is 33.1. The van der Waals surface area contributed by atoms with Gasteiger partial charge in [0.1, 0.15) is 54.1 Å². The Morgan fingerprint density at radius 1 is 0.614 bits per heavy atom. The van der Waals surface area contributed by atoms with E-state index in [0.29, 0.717) is 18.4 Å². The third-order valence-corrected chi connectivity index (χ3v) is 12.0. The van der Waals surface area contributed by atoms with E-state index < -0.39 is 127 Å². The Kier molecular flexibility index (Phi) is 20.6. The van der Waals surface area contributed by atoms with Gasteiger partial charge in [0, 0.05) is 19.5 Å². The van der Waals surface area contributed by atoms with Gasteiger partial charge in [-0.15, -0.1) is 0 Å². The SMILES string of the molecule is CC(C)C[C@H](NC(=O)[C@H](C)NC(=O)[C@@H]1CCCN1C(=O)[C@H](Cc1ccc(O)cc1)NC(=O)[C@H](CC(N)=O)NC(=O)[C@H](CO)NC(=O)[C@@H]1CCCN1C(=O)[C@H](C)NC(=O)[C@@H](N)Cc1ccccc1)C(=O)O. The fraction of sp³-hybridized carbons (Fsp3) is 0.532. The van der Waals surface area contributed by atoms with Crippen LogP contribution < -0.4 is 43.4 Å². The number of primary amides is 1. The molecule has 0 aromatic heterocycles. The largest absolute Gasteiger partial charge is 0.508 e. The highest BCUT2D eigenvalue weighted by atomic mass is 16.4. The molecule has 382 valence electrons. The molecule has 23 heteroatoms. The monoisotopic (exact) mass is 978 g/mol. The van der Waals surface area contributed by atoms with Crippen LogP contribution in [-0.4, -0.2) is 158 Å². The smallest absolute Gasteiger partial charge is 0.326 e. The van der Waals surface area contributed by atoms with Crippen molar-refractivity contribution in [2.75, 3.05) is 19.7 Å². The summed E-state index contributed by atoms with van der Waals surface area (Å²) in [6, 6.07) is 3.06. The molecule has 0 saturated carbocycles. The van der Waals surface area contributed by atoms with E-state index >= 15 is 0 Å². The number of likely N-dealkylation sites (tertiary alicyclic amines) is 2. The molecule has 2 heterocycles. The lowest BCUT2D eigenvalue weighted by Crippen LogP contribution is -2.61. The lowest BCUT2D eigenvalue weighted by molar-refractivity contribution is -0.144. The number of aliphatic hydroxyl groups is 1. The minimum atomic E-state index is -1.77. The van der Waals surface area contributed by atoms with E-state index in [1.807, 2.05) is 18.2 Å². The Labute approximate surface area is 405 Å². The maximum Gasteiger partial charge on any atom is 0.326 e. The summed E-state index contributed by atoms with van der Waals surface area (Å²) in [6.45, 7) is 5.57. The fourth-order valence-electron chi connectivity index (χ4n) is 8.25. The zero-order chi connectivity index (χ0) is 51.8. The molecule has 0 bridgehead atoms. The van der Waals surface area contributed by atoms with Crippen LogP contribution in [0.3, 0.4) is 0 Å². The molecule has 2 aromatic rings. The Morgan fingerprint density at radius 2 is 1.14 bits per heavy atom. The Balaban J connectivity index is 1.45. The van der Waals surface area contributed by atoms with Crippen LogP contribution in [0, 0.1) is 5.92 Å². The summed E-state index contributed by atoms with van der Waals surface area (Å²) in [5, 5.41) is 44.5. The van der Waals surface area contributed by atoms with Gasteiger partial charge in [0.25, 0.3) is 0 Å². The number of aliphatic hydroxyl groups excluding tert-OH is 1. The van der Waals surface area contributed by atoms with E-state index in [1.54, 1.807) is 26.0 Å².